The van der Waals surface area contributed by atoms with Gasteiger partial charge in [0.2, 0.25) is 0 Å². The van der Waals surface area contributed by atoms with Crippen LogP contribution in [0.3, 0.4) is 0 Å². The first-order valence-corrected chi connectivity index (χ1v) is 7.56. The third-order valence-electron chi connectivity index (χ3n) is 3.25. The van der Waals surface area contributed by atoms with Gasteiger partial charge in [0.15, 0.2) is 6.61 Å². The highest BCUT2D eigenvalue weighted by Crippen LogP contribution is 2.18. The third-order valence-corrected chi connectivity index (χ3v) is 3.25. The lowest BCUT2D eigenvalue weighted by Gasteiger charge is -2.10. The number of ether oxygens (including phenoxy) is 1. The van der Waals surface area contributed by atoms with Crippen molar-refractivity contribution in [2.75, 3.05) is 6.61 Å². The average Bonchev–Trinajstić information content (AvgIpc) is 2.59. The van der Waals surface area contributed by atoms with E-state index in [-0.39, 0.29) is 6.61 Å². The van der Waals surface area contributed by atoms with E-state index in [0.29, 0.717) is 5.75 Å². The topological polar surface area (TPSA) is 67.4 Å². The van der Waals surface area contributed by atoms with E-state index in [4.69, 9.17) is 4.74 Å². The monoisotopic (exact) mass is 324 g/mol. The van der Waals surface area contributed by atoms with Crippen LogP contribution in [0, 0.1) is 13.8 Å². The number of amides is 2. The van der Waals surface area contributed by atoms with Crippen molar-refractivity contribution in [3.8, 4) is 5.75 Å². The van der Waals surface area contributed by atoms with Gasteiger partial charge in [-0.15, -0.1) is 0 Å². The van der Waals surface area contributed by atoms with E-state index in [1.807, 2.05) is 62.4 Å². The molecule has 5 nitrogen and oxygen atoms in total. The molecule has 0 aliphatic heterocycles. The van der Waals surface area contributed by atoms with Crippen molar-refractivity contribution in [3.05, 3.63) is 71.3 Å². The molecule has 0 spiro atoms. The minimum Gasteiger partial charge on any atom is -0.483 e. The lowest BCUT2D eigenvalue weighted by molar-refractivity contribution is -0.128. The lowest BCUT2D eigenvalue weighted by Crippen LogP contribution is -2.43. The SMILES string of the molecule is Cc1ccc(C)c(OCC(=O)NNC(=O)C=Cc2ccccc2)c1. The van der Waals surface area contributed by atoms with Crippen LogP contribution in [0.2, 0.25) is 0 Å². The maximum Gasteiger partial charge on any atom is 0.276 e. The molecule has 0 bridgehead atoms. The van der Waals surface area contributed by atoms with E-state index < -0.39 is 11.8 Å². The summed E-state index contributed by atoms with van der Waals surface area (Å²) in [6, 6.07) is 15.2. The average molecular weight is 324 g/mol. The van der Waals surface area contributed by atoms with Crippen LogP contribution >= 0.6 is 0 Å². The molecular weight excluding hydrogens is 304 g/mol. The van der Waals surface area contributed by atoms with Gasteiger partial charge < -0.3 is 4.74 Å². The van der Waals surface area contributed by atoms with Crippen LogP contribution in [0.1, 0.15) is 16.7 Å². The predicted molar refractivity (Wildman–Crippen MR) is 93.2 cm³/mol. The van der Waals surface area contributed by atoms with E-state index in [1.54, 1.807) is 6.08 Å². The van der Waals surface area contributed by atoms with Crippen molar-refractivity contribution in [3.63, 3.8) is 0 Å². The van der Waals surface area contributed by atoms with Gasteiger partial charge in [-0.2, -0.15) is 0 Å². The number of hydrazine groups is 1. The van der Waals surface area contributed by atoms with Crippen molar-refractivity contribution in [2.45, 2.75) is 13.8 Å². The van der Waals surface area contributed by atoms with Crippen molar-refractivity contribution in [1.82, 2.24) is 10.9 Å². The number of nitrogens with one attached hydrogen (secondary N) is 2. The number of aryl methyl sites for hydroxylation is 2. The number of hydrogen-bond donors (Lipinski definition) is 2. The third kappa shape index (κ3) is 5.61. The van der Waals surface area contributed by atoms with Crippen LogP contribution in [0.25, 0.3) is 6.08 Å². The summed E-state index contributed by atoms with van der Waals surface area (Å²) in [5, 5.41) is 0. The standard InChI is InChI=1S/C19H20N2O3/c1-14-8-9-15(2)17(12-14)24-13-19(23)21-20-18(22)11-10-16-6-4-3-5-7-16/h3-12H,13H2,1-2H3,(H,20,22)(H,21,23). The Labute approximate surface area is 141 Å². The zero-order chi connectivity index (χ0) is 17.4. The van der Waals surface area contributed by atoms with Crippen LogP contribution < -0.4 is 15.6 Å². The molecule has 2 rings (SSSR count). The molecule has 0 fully saturated rings. The van der Waals surface area contributed by atoms with Crippen LogP contribution in [-0.2, 0) is 9.59 Å². The molecule has 0 heterocycles. The zero-order valence-corrected chi connectivity index (χ0v) is 13.7. The molecule has 24 heavy (non-hydrogen) atoms. The van der Waals surface area contributed by atoms with Gasteiger partial charge in [0.05, 0.1) is 0 Å². The zero-order valence-electron chi connectivity index (χ0n) is 13.7. The second kappa shape index (κ2) is 8.53. The van der Waals surface area contributed by atoms with Crippen molar-refractivity contribution in [2.24, 2.45) is 0 Å². The Hall–Kier alpha value is -3.08. The Morgan fingerprint density at radius 3 is 2.54 bits per heavy atom. The largest absolute Gasteiger partial charge is 0.483 e. The lowest BCUT2D eigenvalue weighted by atomic mass is 10.1. The Kier molecular flexibility index (Phi) is 6.14. The summed E-state index contributed by atoms with van der Waals surface area (Å²) in [7, 11) is 0. The maximum atomic E-state index is 11.7. The first kappa shape index (κ1) is 17.3. The second-order valence-electron chi connectivity index (χ2n) is 5.34. The summed E-state index contributed by atoms with van der Waals surface area (Å²) >= 11 is 0. The van der Waals surface area contributed by atoms with Gasteiger partial charge in [0.1, 0.15) is 5.75 Å². The molecule has 2 aromatic carbocycles. The summed E-state index contributed by atoms with van der Waals surface area (Å²) in [6.07, 6.45) is 3.01. The molecule has 2 N–H and O–H groups in total. The first-order chi connectivity index (χ1) is 11.5. The van der Waals surface area contributed by atoms with Gasteiger partial charge >= 0.3 is 0 Å². The molecule has 0 saturated heterocycles. The normalized spacial score (nSPS) is 10.4. The van der Waals surface area contributed by atoms with Crippen molar-refractivity contribution in [1.29, 1.82) is 0 Å². The number of hydrogen-bond acceptors (Lipinski definition) is 3. The molecule has 0 aromatic heterocycles. The minimum atomic E-state index is -0.433. The van der Waals surface area contributed by atoms with Gasteiger partial charge in [-0.3, -0.25) is 20.4 Å². The van der Waals surface area contributed by atoms with E-state index >= 15 is 0 Å². The van der Waals surface area contributed by atoms with Crippen molar-refractivity contribution < 1.29 is 14.3 Å². The summed E-state index contributed by atoms with van der Waals surface area (Å²) in [4.78, 5) is 23.4. The Morgan fingerprint density at radius 2 is 1.79 bits per heavy atom. The molecule has 124 valence electrons. The minimum absolute atomic E-state index is 0.174. The quantitative estimate of drug-likeness (QED) is 0.656. The van der Waals surface area contributed by atoms with E-state index in [9.17, 15) is 9.59 Å². The van der Waals surface area contributed by atoms with Gasteiger partial charge in [0.25, 0.3) is 11.8 Å². The number of rotatable bonds is 5. The predicted octanol–water partition coefficient (Wildman–Crippen LogP) is 2.54. The fourth-order valence-electron chi connectivity index (χ4n) is 1.95. The van der Waals surface area contributed by atoms with Crippen LogP contribution in [0.15, 0.2) is 54.6 Å². The Bertz CT molecular complexity index is 740. The number of benzene rings is 2. The van der Waals surface area contributed by atoms with E-state index in [2.05, 4.69) is 10.9 Å². The number of carbonyl (C=O) groups excluding carboxylic acids is 2. The molecular formula is C19H20N2O3. The first-order valence-electron chi connectivity index (χ1n) is 7.56. The molecule has 0 unspecified atom stereocenters. The summed E-state index contributed by atoms with van der Waals surface area (Å²) < 4.78 is 5.46. The van der Waals surface area contributed by atoms with Gasteiger partial charge in [-0.05, 0) is 42.7 Å². The second-order valence-corrected chi connectivity index (χ2v) is 5.34. The molecule has 2 amide bonds. The smallest absolute Gasteiger partial charge is 0.276 e. The van der Waals surface area contributed by atoms with E-state index in [0.717, 1.165) is 16.7 Å². The molecule has 0 atom stereocenters. The Balaban J connectivity index is 1.75. The van der Waals surface area contributed by atoms with Crippen LogP contribution in [0.5, 0.6) is 5.75 Å². The van der Waals surface area contributed by atoms with Gasteiger partial charge in [-0.1, -0.05) is 42.5 Å². The Morgan fingerprint density at radius 1 is 1.04 bits per heavy atom. The summed E-state index contributed by atoms with van der Waals surface area (Å²) in [5.41, 5.74) is 7.52. The van der Waals surface area contributed by atoms with Crippen molar-refractivity contribution >= 4 is 17.9 Å². The molecule has 0 aliphatic carbocycles. The highest BCUT2D eigenvalue weighted by molar-refractivity contribution is 5.93. The van der Waals surface area contributed by atoms with Crippen LogP contribution in [0.4, 0.5) is 0 Å². The fourth-order valence-corrected chi connectivity index (χ4v) is 1.95. The van der Waals surface area contributed by atoms with Gasteiger partial charge in [0, 0.05) is 6.08 Å². The van der Waals surface area contributed by atoms with E-state index in [1.165, 1.54) is 6.08 Å². The fraction of sp³-hybridized carbons (Fsp3) is 0.158. The summed E-state index contributed by atoms with van der Waals surface area (Å²) in [5.74, 6) is -0.197. The van der Waals surface area contributed by atoms with Gasteiger partial charge in [-0.25, -0.2) is 0 Å². The molecule has 0 aliphatic rings. The molecule has 2 aromatic rings. The maximum absolute atomic E-state index is 11.7. The molecule has 0 saturated carbocycles. The molecule has 0 radical (unpaired) electrons. The summed E-state index contributed by atoms with van der Waals surface area (Å²) in [6.45, 7) is 3.68. The van der Waals surface area contributed by atoms with Crippen LogP contribution in [-0.4, -0.2) is 18.4 Å². The highest BCUT2D eigenvalue weighted by Gasteiger charge is 2.06. The molecule has 5 heteroatoms. The number of carbonyl (C=O) groups is 2. The highest BCUT2D eigenvalue weighted by atomic mass is 16.5.